The van der Waals surface area contributed by atoms with Crippen molar-refractivity contribution in [3.63, 3.8) is 0 Å². The minimum Gasteiger partial charge on any atom is -0.507 e. The zero-order valence-electron chi connectivity index (χ0n) is 59.7. The van der Waals surface area contributed by atoms with Gasteiger partial charge in [0, 0.05) is 41.8 Å². The van der Waals surface area contributed by atoms with Gasteiger partial charge in [-0.25, -0.2) is 0 Å². The highest BCUT2D eigenvalue weighted by molar-refractivity contribution is 5.92. The monoisotopic (exact) mass is 1190 g/mol. The van der Waals surface area contributed by atoms with E-state index in [1.165, 1.54) is 77.0 Å². The van der Waals surface area contributed by atoms with Gasteiger partial charge in [0.1, 0.15) is 23.0 Å². The molecule has 0 aromatic heterocycles. The zero-order valence-corrected chi connectivity index (χ0v) is 59.7. The molecular formula is C78H130N2O6. The van der Waals surface area contributed by atoms with Crippen molar-refractivity contribution in [2.45, 2.75) is 322 Å². The van der Waals surface area contributed by atoms with Crippen LogP contribution < -0.4 is 20.1 Å². The first kappa shape index (κ1) is 79.0. The molecule has 4 rings (SSSR count). The summed E-state index contributed by atoms with van der Waals surface area (Å²) < 4.78 is 13.6. The summed E-state index contributed by atoms with van der Waals surface area (Å²) in [6.07, 6.45) is 22.2. The van der Waals surface area contributed by atoms with Gasteiger partial charge in [0.05, 0.1) is 13.2 Å². The largest absolute Gasteiger partial charge is 0.507 e. The lowest BCUT2D eigenvalue weighted by molar-refractivity contribution is -0.117. The Labute approximate surface area is 529 Å². The Balaban J connectivity index is 0.00000438. The number of ether oxygens (including phenoxy) is 2. The third-order valence-electron chi connectivity index (χ3n) is 15.3. The molecule has 4 aromatic rings. The van der Waals surface area contributed by atoms with Gasteiger partial charge in [-0.3, -0.25) is 9.59 Å². The lowest BCUT2D eigenvalue weighted by Gasteiger charge is -2.28. The lowest BCUT2D eigenvalue weighted by atomic mass is 9.78. The number of carbonyl (C=O) groups is 2. The van der Waals surface area contributed by atoms with Crippen LogP contribution in [0.1, 0.15) is 324 Å². The SMILES string of the molecule is CC.CC.CC(C)C.CCCCCCCCCCOc1c(C)cc(NC(=O)CCc2cc(C(C)(C)C)c(O)c(C(C)(C)C)c2)cc1Cc1cc(NC(=O)CCc2cc(C(C)(C)C)c(O)c(C(C)(C)C)c2)cc(CC)c1OCCCCCCCCCC. The van der Waals surface area contributed by atoms with Crippen LogP contribution in [0.15, 0.2) is 48.5 Å². The molecule has 0 aliphatic rings. The van der Waals surface area contributed by atoms with Crippen molar-refractivity contribution in [3.05, 3.63) is 104 Å². The molecule has 0 radical (unpaired) electrons. The molecule has 86 heavy (non-hydrogen) atoms. The first-order valence-corrected chi connectivity index (χ1v) is 34.3. The molecule has 0 aliphatic carbocycles. The molecule has 2 amide bonds. The molecule has 4 aromatic carbocycles. The van der Waals surface area contributed by atoms with Crippen molar-refractivity contribution < 1.29 is 29.3 Å². The molecule has 0 unspecified atom stereocenters. The summed E-state index contributed by atoms with van der Waals surface area (Å²) >= 11 is 0. The lowest BCUT2D eigenvalue weighted by Crippen LogP contribution is -2.18. The Hall–Kier alpha value is -4.98. The van der Waals surface area contributed by atoms with E-state index in [9.17, 15) is 19.8 Å². The van der Waals surface area contributed by atoms with Gasteiger partial charge in [-0.05, 0) is 135 Å². The minimum absolute atomic E-state index is 0.0789. The Bertz CT molecular complexity index is 2510. The van der Waals surface area contributed by atoms with Crippen LogP contribution in [0.3, 0.4) is 0 Å². The summed E-state index contributed by atoms with van der Waals surface area (Å²) in [5, 5.41) is 29.3. The summed E-state index contributed by atoms with van der Waals surface area (Å²) in [5.74, 6) is 3.03. The van der Waals surface area contributed by atoms with E-state index in [0.29, 0.717) is 56.1 Å². The van der Waals surface area contributed by atoms with Crippen molar-refractivity contribution in [2.75, 3.05) is 23.8 Å². The van der Waals surface area contributed by atoms with E-state index >= 15 is 0 Å². The number of benzene rings is 4. The maximum absolute atomic E-state index is 14.0. The number of aryl methyl sites for hydroxylation is 4. The van der Waals surface area contributed by atoms with Gasteiger partial charge in [-0.1, -0.05) is 266 Å². The van der Waals surface area contributed by atoms with Crippen molar-refractivity contribution in [3.8, 4) is 23.0 Å². The zero-order chi connectivity index (χ0) is 65.4. The summed E-state index contributed by atoms with van der Waals surface area (Å²) in [5.41, 5.74) is 9.90. The van der Waals surface area contributed by atoms with Gasteiger partial charge in [0.25, 0.3) is 0 Å². The van der Waals surface area contributed by atoms with E-state index in [1.54, 1.807) is 0 Å². The summed E-state index contributed by atoms with van der Waals surface area (Å²) in [6, 6.07) is 16.5. The molecule has 0 saturated heterocycles. The number of hydrogen-bond acceptors (Lipinski definition) is 6. The second-order valence-corrected chi connectivity index (χ2v) is 28.5. The smallest absolute Gasteiger partial charge is 0.224 e. The molecule has 0 heterocycles. The number of aromatic hydroxyl groups is 2. The van der Waals surface area contributed by atoms with Crippen LogP contribution in [0, 0.1) is 12.8 Å². The van der Waals surface area contributed by atoms with Crippen LogP contribution in [0.2, 0.25) is 0 Å². The molecule has 0 aliphatic heterocycles. The molecule has 0 bridgehead atoms. The Kier molecular flexibility index (Phi) is 36.6. The molecule has 4 N–H and O–H groups in total. The summed E-state index contributed by atoms with van der Waals surface area (Å²) in [4.78, 5) is 28.0. The molecule has 0 fully saturated rings. The van der Waals surface area contributed by atoms with Crippen molar-refractivity contribution in [1.29, 1.82) is 0 Å². The number of phenols is 2. The number of anilines is 2. The fraction of sp³-hybridized carbons (Fsp3) is 0.667. The fourth-order valence-electron chi connectivity index (χ4n) is 10.6. The quantitative estimate of drug-likeness (QED) is 0.0373. The van der Waals surface area contributed by atoms with Gasteiger partial charge < -0.3 is 30.3 Å². The Morgan fingerprint density at radius 1 is 0.442 bits per heavy atom. The van der Waals surface area contributed by atoms with Crippen molar-refractivity contribution in [1.82, 2.24) is 0 Å². The molecule has 0 atom stereocenters. The number of amides is 2. The third-order valence-corrected chi connectivity index (χ3v) is 15.3. The number of rotatable bonds is 31. The standard InChI is InChI=1S/C70H108N2O6.C4H10.2C2H6/c1-17-20-22-24-26-28-30-32-38-77-65-49(4)40-55(71-61(73)36-34-50-41-57(67(5,6)7)63(75)58(42-50)68(8,9)10)47-53(65)45-54-48-56(46-52(19-3)66(54)78-39-33-31-29-27-25-23-21-18-2)72-62(74)37-35-51-43-59(69(11,12)13)64(76)60(44-51)70(14,15)16;1-4(2)3;2*1-2/h40-44,46-48,75-76H,17-39,45H2,1-16H3,(H,71,73)(H,72,74);4H,1-3H3;2*1-2H3. The molecule has 0 saturated carbocycles. The predicted molar refractivity (Wildman–Crippen MR) is 374 cm³/mol. The average Bonchev–Trinajstić information content (AvgIpc) is 1.19. The Morgan fingerprint density at radius 3 is 1.06 bits per heavy atom. The molecular weight excluding hydrogens is 1060 g/mol. The first-order chi connectivity index (χ1) is 40.4. The number of carbonyl (C=O) groups excluding carboxylic acids is 2. The Morgan fingerprint density at radius 2 is 0.733 bits per heavy atom. The van der Waals surface area contributed by atoms with E-state index in [4.69, 9.17) is 9.47 Å². The number of hydrogen-bond donors (Lipinski definition) is 4. The van der Waals surface area contributed by atoms with Crippen LogP contribution in [0.5, 0.6) is 23.0 Å². The van der Waals surface area contributed by atoms with Gasteiger partial charge in [0.15, 0.2) is 0 Å². The summed E-state index contributed by atoms with van der Waals surface area (Å²) in [6.45, 7) is 49.8. The van der Waals surface area contributed by atoms with Crippen LogP contribution >= 0.6 is 0 Å². The fourth-order valence-corrected chi connectivity index (χ4v) is 10.6. The highest BCUT2D eigenvalue weighted by atomic mass is 16.5. The first-order valence-electron chi connectivity index (χ1n) is 34.3. The number of nitrogens with one attached hydrogen (secondary N) is 2. The molecule has 488 valence electrons. The van der Waals surface area contributed by atoms with E-state index in [0.717, 1.165) is 104 Å². The van der Waals surface area contributed by atoms with Crippen LogP contribution in [0.4, 0.5) is 11.4 Å². The summed E-state index contributed by atoms with van der Waals surface area (Å²) in [7, 11) is 0. The van der Waals surface area contributed by atoms with Crippen molar-refractivity contribution >= 4 is 23.2 Å². The van der Waals surface area contributed by atoms with E-state index in [1.807, 2.05) is 33.8 Å². The predicted octanol–water partition coefficient (Wildman–Crippen LogP) is 22.6. The van der Waals surface area contributed by atoms with Gasteiger partial charge in [-0.2, -0.15) is 0 Å². The van der Waals surface area contributed by atoms with E-state index in [-0.39, 0.29) is 46.3 Å². The second kappa shape index (κ2) is 39.8. The molecule has 8 heteroatoms. The highest BCUT2D eigenvalue weighted by Crippen LogP contribution is 2.42. The van der Waals surface area contributed by atoms with Crippen LogP contribution in [-0.4, -0.2) is 35.2 Å². The average molecular weight is 1190 g/mol. The third kappa shape index (κ3) is 28.9. The topological polar surface area (TPSA) is 117 Å². The van der Waals surface area contributed by atoms with E-state index in [2.05, 4.69) is 185 Å². The van der Waals surface area contributed by atoms with Gasteiger partial charge in [-0.15, -0.1) is 0 Å². The normalized spacial score (nSPS) is 11.7. The van der Waals surface area contributed by atoms with Gasteiger partial charge >= 0.3 is 0 Å². The van der Waals surface area contributed by atoms with E-state index < -0.39 is 0 Å². The maximum Gasteiger partial charge on any atom is 0.224 e. The molecule has 8 nitrogen and oxygen atoms in total. The maximum atomic E-state index is 14.0. The minimum atomic E-state index is -0.266. The number of unbranched alkanes of at least 4 members (excludes halogenated alkanes) is 14. The van der Waals surface area contributed by atoms with Crippen LogP contribution in [-0.2, 0) is 56.9 Å². The van der Waals surface area contributed by atoms with Gasteiger partial charge in [0.2, 0.25) is 11.8 Å². The van der Waals surface area contributed by atoms with Crippen molar-refractivity contribution in [2.24, 2.45) is 5.92 Å². The molecule has 0 spiro atoms. The number of phenolic OH excluding ortho intramolecular Hbond substituents is 2. The van der Waals surface area contributed by atoms with Crippen LogP contribution in [0.25, 0.3) is 0 Å². The highest BCUT2D eigenvalue weighted by Gasteiger charge is 2.29. The second-order valence-electron chi connectivity index (χ2n) is 28.5.